The molecule has 4 rings (SSSR count). The fraction of sp³-hybridized carbons (Fsp3) is 0.318. The van der Waals surface area contributed by atoms with Crippen molar-refractivity contribution in [2.75, 3.05) is 20.1 Å². The van der Waals surface area contributed by atoms with Gasteiger partial charge in [0.25, 0.3) is 0 Å². The lowest BCUT2D eigenvalue weighted by atomic mass is 10.0. The van der Waals surface area contributed by atoms with Gasteiger partial charge in [0.2, 0.25) is 5.88 Å². The van der Waals surface area contributed by atoms with Crippen LogP contribution in [0.1, 0.15) is 23.5 Å². The van der Waals surface area contributed by atoms with Crippen molar-refractivity contribution in [1.82, 2.24) is 25.0 Å². The van der Waals surface area contributed by atoms with Gasteiger partial charge in [-0.2, -0.15) is 5.10 Å². The maximum absolute atomic E-state index is 13.5. The molecule has 1 saturated heterocycles. The number of likely N-dealkylation sites (tertiary alicyclic amines) is 1. The molecule has 1 unspecified atom stereocenters. The van der Waals surface area contributed by atoms with Gasteiger partial charge in [-0.05, 0) is 30.2 Å². The lowest BCUT2D eigenvalue weighted by Gasteiger charge is -2.22. The molecule has 31 heavy (non-hydrogen) atoms. The highest BCUT2D eigenvalue weighted by Crippen LogP contribution is 2.27. The van der Waals surface area contributed by atoms with Crippen LogP contribution in [0.3, 0.4) is 0 Å². The summed E-state index contributed by atoms with van der Waals surface area (Å²) in [7, 11) is 3.72. The third-order valence-electron chi connectivity index (χ3n) is 5.19. The minimum absolute atomic E-state index is 0. The number of guanidine groups is 1. The predicted octanol–water partition coefficient (Wildman–Crippen LogP) is 3.93. The topological polar surface area (TPSA) is 67.6 Å². The Labute approximate surface area is 198 Å². The van der Waals surface area contributed by atoms with Crippen molar-refractivity contribution in [3.05, 3.63) is 71.9 Å². The minimum Gasteiger partial charge on any atom is -0.439 e. The van der Waals surface area contributed by atoms with Crippen LogP contribution in [-0.2, 0) is 13.6 Å². The van der Waals surface area contributed by atoms with Crippen LogP contribution in [0.4, 0.5) is 4.39 Å². The molecule has 0 radical (unpaired) electrons. The zero-order valence-electron chi connectivity index (χ0n) is 17.5. The monoisotopic (exact) mass is 536 g/mol. The van der Waals surface area contributed by atoms with Crippen molar-refractivity contribution in [1.29, 1.82) is 0 Å². The van der Waals surface area contributed by atoms with Crippen LogP contribution in [0, 0.1) is 5.82 Å². The molecule has 1 N–H and O–H groups in total. The van der Waals surface area contributed by atoms with E-state index in [0.717, 1.165) is 31.0 Å². The Hall–Kier alpha value is -2.69. The fourth-order valence-corrected chi connectivity index (χ4v) is 3.67. The Morgan fingerprint density at radius 1 is 1.32 bits per heavy atom. The third-order valence-corrected chi connectivity index (χ3v) is 5.19. The molecule has 0 saturated carbocycles. The molecule has 0 bridgehead atoms. The van der Waals surface area contributed by atoms with Crippen molar-refractivity contribution < 1.29 is 9.13 Å². The van der Waals surface area contributed by atoms with E-state index in [1.54, 1.807) is 25.4 Å². The molecule has 0 aliphatic carbocycles. The molecule has 1 fully saturated rings. The summed E-state index contributed by atoms with van der Waals surface area (Å²) in [6.07, 6.45) is 6.74. The zero-order valence-corrected chi connectivity index (χ0v) is 19.9. The molecular weight excluding hydrogens is 510 g/mol. The molecule has 1 aliphatic rings. The predicted molar refractivity (Wildman–Crippen MR) is 128 cm³/mol. The lowest BCUT2D eigenvalue weighted by Crippen LogP contribution is -2.39. The van der Waals surface area contributed by atoms with Crippen LogP contribution >= 0.6 is 24.0 Å². The van der Waals surface area contributed by atoms with E-state index < -0.39 is 0 Å². The first-order chi connectivity index (χ1) is 14.6. The van der Waals surface area contributed by atoms with Gasteiger partial charge in [-0.25, -0.2) is 9.37 Å². The number of aryl methyl sites for hydroxylation is 1. The third kappa shape index (κ3) is 5.72. The van der Waals surface area contributed by atoms with E-state index in [4.69, 9.17) is 4.74 Å². The SMILES string of the molecule is CN=C(NCc1cccnc1Oc1cccc(F)c1)N1CCC(c2cnn(C)c2)C1.I. The number of ether oxygens (including phenoxy) is 1. The molecule has 3 heterocycles. The average molecular weight is 536 g/mol. The number of pyridine rings is 1. The Morgan fingerprint density at radius 2 is 2.19 bits per heavy atom. The first-order valence-corrected chi connectivity index (χ1v) is 9.94. The maximum Gasteiger partial charge on any atom is 0.224 e. The van der Waals surface area contributed by atoms with E-state index in [9.17, 15) is 4.39 Å². The largest absolute Gasteiger partial charge is 0.439 e. The first kappa shape index (κ1) is 23.0. The molecule has 3 aromatic rings. The van der Waals surface area contributed by atoms with E-state index >= 15 is 0 Å². The van der Waals surface area contributed by atoms with Crippen LogP contribution in [0.25, 0.3) is 0 Å². The smallest absolute Gasteiger partial charge is 0.224 e. The Morgan fingerprint density at radius 3 is 2.94 bits per heavy atom. The summed E-state index contributed by atoms with van der Waals surface area (Å²) in [5, 5.41) is 7.69. The van der Waals surface area contributed by atoms with Gasteiger partial charge in [0, 0.05) is 63.7 Å². The van der Waals surface area contributed by atoms with E-state index in [1.807, 2.05) is 30.1 Å². The van der Waals surface area contributed by atoms with Crippen molar-refractivity contribution in [2.24, 2.45) is 12.0 Å². The number of nitrogens with one attached hydrogen (secondary N) is 1. The van der Waals surface area contributed by atoms with Gasteiger partial charge in [-0.3, -0.25) is 9.67 Å². The average Bonchev–Trinajstić information content (AvgIpc) is 3.39. The summed E-state index contributed by atoms with van der Waals surface area (Å²) < 4.78 is 21.1. The highest BCUT2D eigenvalue weighted by molar-refractivity contribution is 14.0. The molecular formula is C22H26FIN6O. The molecule has 0 amide bonds. The lowest BCUT2D eigenvalue weighted by molar-refractivity contribution is 0.448. The second kappa shape index (κ2) is 10.6. The van der Waals surface area contributed by atoms with Gasteiger partial charge in [0.15, 0.2) is 5.96 Å². The minimum atomic E-state index is -0.347. The van der Waals surface area contributed by atoms with E-state index in [0.29, 0.717) is 24.1 Å². The van der Waals surface area contributed by atoms with Gasteiger partial charge in [-0.15, -0.1) is 24.0 Å². The van der Waals surface area contributed by atoms with Crippen LogP contribution in [0.5, 0.6) is 11.6 Å². The summed E-state index contributed by atoms with van der Waals surface area (Å²) in [5.41, 5.74) is 2.12. The molecule has 1 aromatic carbocycles. The van der Waals surface area contributed by atoms with Crippen molar-refractivity contribution in [2.45, 2.75) is 18.9 Å². The van der Waals surface area contributed by atoms with Crippen LogP contribution in [0.15, 0.2) is 60.0 Å². The highest BCUT2D eigenvalue weighted by atomic mass is 127. The Kier molecular flexibility index (Phi) is 7.83. The normalized spacial score (nSPS) is 16.2. The van der Waals surface area contributed by atoms with Crippen LogP contribution in [0.2, 0.25) is 0 Å². The number of hydrogen-bond acceptors (Lipinski definition) is 4. The van der Waals surface area contributed by atoms with Gasteiger partial charge >= 0.3 is 0 Å². The number of aliphatic imine (C=N–C) groups is 1. The number of benzene rings is 1. The molecule has 9 heteroatoms. The Bertz CT molecular complexity index is 1040. The number of halogens is 2. The van der Waals surface area contributed by atoms with Crippen LogP contribution in [-0.4, -0.2) is 45.8 Å². The molecule has 1 aliphatic heterocycles. The molecule has 0 spiro atoms. The maximum atomic E-state index is 13.5. The summed E-state index contributed by atoms with van der Waals surface area (Å²) in [6, 6.07) is 9.83. The summed E-state index contributed by atoms with van der Waals surface area (Å²) >= 11 is 0. The molecule has 2 aromatic heterocycles. The second-order valence-electron chi connectivity index (χ2n) is 7.31. The van der Waals surface area contributed by atoms with Crippen molar-refractivity contribution in [3.63, 3.8) is 0 Å². The number of rotatable bonds is 5. The summed E-state index contributed by atoms with van der Waals surface area (Å²) in [5.74, 6) is 1.80. The molecule has 164 valence electrons. The molecule has 1 atom stereocenters. The number of nitrogens with zero attached hydrogens (tertiary/aromatic N) is 5. The fourth-order valence-electron chi connectivity index (χ4n) is 3.67. The summed E-state index contributed by atoms with van der Waals surface area (Å²) in [6.45, 7) is 2.32. The van der Waals surface area contributed by atoms with Gasteiger partial charge in [-0.1, -0.05) is 12.1 Å². The highest BCUT2D eigenvalue weighted by Gasteiger charge is 2.27. The number of hydrogen-bond donors (Lipinski definition) is 1. The summed E-state index contributed by atoms with van der Waals surface area (Å²) in [4.78, 5) is 11.0. The van der Waals surface area contributed by atoms with Gasteiger partial charge in [0.05, 0.1) is 6.20 Å². The van der Waals surface area contributed by atoms with E-state index in [-0.39, 0.29) is 29.8 Å². The van der Waals surface area contributed by atoms with Gasteiger partial charge in [0.1, 0.15) is 11.6 Å². The zero-order chi connectivity index (χ0) is 20.9. The van der Waals surface area contributed by atoms with E-state index in [1.165, 1.54) is 17.7 Å². The second-order valence-corrected chi connectivity index (χ2v) is 7.31. The van der Waals surface area contributed by atoms with E-state index in [2.05, 4.69) is 31.5 Å². The first-order valence-electron chi connectivity index (χ1n) is 9.94. The Balaban J connectivity index is 0.00000272. The van der Waals surface area contributed by atoms with Gasteiger partial charge < -0.3 is 15.0 Å². The number of aromatic nitrogens is 3. The standard InChI is InChI=1S/C22H25FN6O.HI/c1-24-22(29-10-8-17(15-29)18-13-27-28(2)14-18)26-12-16-5-4-9-25-21(16)30-20-7-3-6-19(23)11-20;/h3-7,9,11,13-14,17H,8,10,12,15H2,1-2H3,(H,24,26);1H. The van der Waals surface area contributed by atoms with Crippen molar-refractivity contribution in [3.8, 4) is 11.6 Å². The van der Waals surface area contributed by atoms with Crippen molar-refractivity contribution >= 4 is 29.9 Å². The molecule has 7 nitrogen and oxygen atoms in total. The van der Waals surface area contributed by atoms with Crippen LogP contribution < -0.4 is 10.1 Å². The quantitative estimate of drug-likeness (QED) is 0.304.